The van der Waals surface area contributed by atoms with Crippen molar-refractivity contribution in [1.82, 2.24) is 19.8 Å². The molecular weight excluding hydrogens is 636 g/mol. The maximum absolute atomic E-state index is 15.1. The van der Waals surface area contributed by atoms with Crippen LogP contribution in [0, 0.1) is 11.3 Å². The summed E-state index contributed by atoms with van der Waals surface area (Å²) in [6.45, 7) is 9.59. The lowest BCUT2D eigenvalue weighted by atomic mass is 10.0. The number of piperazine rings is 1. The smallest absolute Gasteiger partial charge is 0.410 e. The zero-order valence-electron chi connectivity index (χ0n) is 28.1. The van der Waals surface area contributed by atoms with Crippen molar-refractivity contribution in [3.05, 3.63) is 54.2 Å². The van der Waals surface area contributed by atoms with E-state index in [4.69, 9.17) is 18.9 Å². The Morgan fingerprint density at radius 2 is 1.84 bits per heavy atom. The molecule has 1 N–H and O–H groups in total. The largest absolute Gasteiger partial charge is 0.495 e. The van der Waals surface area contributed by atoms with E-state index < -0.39 is 30.3 Å². The van der Waals surface area contributed by atoms with Crippen molar-refractivity contribution in [2.75, 3.05) is 69.8 Å². The summed E-state index contributed by atoms with van der Waals surface area (Å²) >= 11 is 0. The molecule has 49 heavy (non-hydrogen) atoms. The molecule has 0 radical (unpaired) electrons. The van der Waals surface area contributed by atoms with Gasteiger partial charge in [-0.15, -0.1) is 0 Å². The van der Waals surface area contributed by atoms with Crippen molar-refractivity contribution in [2.24, 2.45) is 0 Å². The molecule has 3 fully saturated rings. The Morgan fingerprint density at radius 3 is 2.49 bits per heavy atom. The van der Waals surface area contributed by atoms with Gasteiger partial charge in [-0.3, -0.25) is 4.90 Å². The van der Waals surface area contributed by atoms with Crippen LogP contribution in [-0.2, 0) is 9.47 Å². The average Bonchev–Trinajstić information content (AvgIpc) is 3.04. The Bertz CT molecular complexity index is 1700. The molecule has 3 aliphatic heterocycles. The van der Waals surface area contributed by atoms with Gasteiger partial charge >= 0.3 is 12.0 Å². The number of hydrogen-bond donors (Lipinski definition) is 1. The number of halogens is 2. The Kier molecular flexibility index (Phi) is 9.76. The molecule has 1 unspecified atom stereocenters. The van der Waals surface area contributed by atoms with Gasteiger partial charge in [-0.05, 0) is 57.2 Å². The average molecular weight is 678 g/mol. The van der Waals surface area contributed by atoms with Crippen molar-refractivity contribution in [2.45, 2.75) is 50.9 Å². The van der Waals surface area contributed by atoms with Gasteiger partial charge in [0.05, 0.1) is 49.9 Å². The number of carbonyl (C=O) groups is 1. The molecule has 1 amide bonds. The number of nitrogens with zero attached hydrogens (tertiary/aromatic N) is 6. The van der Waals surface area contributed by atoms with Gasteiger partial charge < -0.3 is 34.1 Å². The van der Waals surface area contributed by atoms with Crippen LogP contribution in [0.4, 0.5) is 30.9 Å². The van der Waals surface area contributed by atoms with E-state index in [-0.39, 0.29) is 24.3 Å². The summed E-state index contributed by atoms with van der Waals surface area (Å²) in [5.74, 6) is -2.26. The van der Waals surface area contributed by atoms with Crippen LogP contribution < -0.4 is 19.7 Å². The second-order valence-electron chi connectivity index (χ2n) is 13.4. The number of carbonyl (C=O) groups excluding carboxylic acids is 1. The van der Waals surface area contributed by atoms with Crippen LogP contribution in [0.15, 0.2) is 48.7 Å². The lowest BCUT2D eigenvalue weighted by Crippen LogP contribution is -2.56. The number of alkyl halides is 2. The van der Waals surface area contributed by atoms with Crippen molar-refractivity contribution < 1.29 is 32.5 Å². The minimum Gasteiger partial charge on any atom is -0.495 e. The number of hydrogen-bond acceptors (Lipinski definition) is 11. The van der Waals surface area contributed by atoms with Gasteiger partial charge in [0.25, 0.3) is 0 Å². The van der Waals surface area contributed by atoms with Crippen molar-refractivity contribution >= 4 is 23.4 Å². The van der Waals surface area contributed by atoms with E-state index in [2.05, 4.69) is 25.1 Å². The molecule has 3 aliphatic rings. The highest BCUT2D eigenvalue weighted by Crippen LogP contribution is 2.36. The first-order valence-electron chi connectivity index (χ1n) is 16.3. The summed E-state index contributed by atoms with van der Waals surface area (Å²) in [5.41, 5.74) is 2.15. The number of methoxy groups -OCH3 is 1. The van der Waals surface area contributed by atoms with E-state index >= 15 is 8.78 Å². The molecule has 0 bridgehead atoms. The number of amides is 1. The van der Waals surface area contributed by atoms with Crippen LogP contribution in [0.1, 0.15) is 32.8 Å². The molecule has 4 heterocycles. The highest BCUT2D eigenvalue weighted by atomic mass is 19.3. The fraction of sp³-hybridized carbons (Fsp3) is 0.486. The molecule has 3 aromatic rings. The number of aromatic nitrogens is 2. The minimum atomic E-state index is -3.35. The van der Waals surface area contributed by atoms with Gasteiger partial charge in [0, 0.05) is 62.7 Å². The van der Waals surface area contributed by atoms with Gasteiger partial charge in [0.1, 0.15) is 23.2 Å². The molecule has 0 spiro atoms. The Labute approximate surface area is 284 Å². The lowest BCUT2D eigenvalue weighted by molar-refractivity contribution is -0.137. The third-order valence-electron chi connectivity index (χ3n) is 8.73. The predicted octanol–water partition coefficient (Wildman–Crippen LogP) is 5.31. The summed E-state index contributed by atoms with van der Waals surface area (Å²) in [6.07, 6.45) is -0.849. The number of ether oxygens (including phenoxy) is 4. The fourth-order valence-electron chi connectivity index (χ4n) is 6.07. The quantitative estimate of drug-likeness (QED) is 0.334. The normalized spacial score (nSPS) is 19.8. The van der Waals surface area contributed by atoms with Gasteiger partial charge in [0.2, 0.25) is 5.95 Å². The van der Waals surface area contributed by atoms with E-state index in [0.29, 0.717) is 23.2 Å². The van der Waals surface area contributed by atoms with Crippen LogP contribution in [0.2, 0.25) is 0 Å². The predicted molar refractivity (Wildman–Crippen MR) is 179 cm³/mol. The summed E-state index contributed by atoms with van der Waals surface area (Å²) < 4.78 is 52.3. The molecule has 1 atom stereocenters. The SMILES string of the molecule is COc1cc(Nc2nccc(-c3ccc(OC4CCN(C(=O)OC(C)(C)C)CC4(F)F)c(C#N)c3)n2)ccc1N1CCN(C2COC2)CC1. The lowest BCUT2D eigenvalue weighted by Gasteiger charge is -2.43. The van der Waals surface area contributed by atoms with Crippen molar-refractivity contribution in [1.29, 1.82) is 5.26 Å². The fourth-order valence-corrected chi connectivity index (χ4v) is 6.07. The molecule has 260 valence electrons. The monoisotopic (exact) mass is 677 g/mol. The second kappa shape index (κ2) is 14.0. The molecule has 0 aliphatic carbocycles. The number of anilines is 3. The zero-order chi connectivity index (χ0) is 34.8. The Morgan fingerprint density at radius 1 is 1.06 bits per heavy atom. The summed E-state index contributed by atoms with van der Waals surface area (Å²) in [4.78, 5) is 27.1. The third kappa shape index (κ3) is 7.95. The second-order valence-corrected chi connectivity index (χ2v) is 13.4. The van der Waals surface area contributed by atoms with Crippen LogP contribution in [0.3, 0.4) is 0 Å². The summed E-state index contributed by atoms with van der Waals surface area (Å²) in [6, 6.07) is 14.9. The minimum absolute atomic E-state index is 0.0275. The van der Waals surface area contributed by atoms with E-state index in [1.165, 1.54) is 6.07 Å². The number of benzene rings is 2. The van der Waals surface area contributed by atoms with E-state index in [1.807, 2.05) is 24.3 Å². The number of likely N-dealkylation sites (tertiary alicyclic amines) is 1. The number of rotatable bonds is 8. The highest BCUT2D eigenvalue weighted by molar-refractivity contribution is 5.70. The van der Waals surface area contributed by atoms with Crippen molar-refractivity contribution in [3.8, 4) is 28.8 Å². The summed E-state index contributed by atoms with van der Waals surface area (Å²) in [7, 11) is 1.65. The number of nitrogens with one attached hydrogen (secondary N) is 1. The Hall–Kier alpha value is -4.74. The van der Waals surface area contributed by atoms with Gasteiger partial charge in [-0.25, -0.2) is 23.5 Å². The number of nitriles is 1. The highest BCUT2D eigenvalue weighted by Gasteiger charge is 2.48. The van der Waals surface area contributed by atoms with E-state index in [1.54, 1.807) is 52.3 Å². The maximum atomic E-state index is 15.1. The molecule has 1 aromatic heterocycles. The van der Waals surface area contributed by atoms with Crippen LogP contribution in [-0.4, -0.2) is 109 Å². The van der Waals surface area contributed by atoms with Crippen LogP contribution >= 0.6 is 0 Å². The van der Waals surface area contributed by atoms with Gasteiger partial charge in [-0.1, -0.05) is 0 Å². The molecule has 2 aromatic carbocycles. The summed E-state index contributed by atoms with van der Waals surface area (Å²) in [5, 5.41) is 13.1. The van der Waals surface area contributed by atoms with E-state index in [0.717, 1.165) is 61.4 Å². The third-order valence-corrected chi connectivity index (χ3v) is 8.73. The van der Waals surface area contributed by atoms with Crippen molar-refractivity contribution in [3.63, 3.8) is 0 Å². The molecule has 3 saturated heterocycles. The molecular formula is C35H41F2N7O5. The first-order chi connectivity index (χ1) is 23.4. The van der Waals surface area contributed by atoms with Gasteiger partial charge in [-0.2, -0.15) is 5.26 Å². The van der Waals surface area contributed by atoms with Crippen LogP contribution in [0.25, 0.3) is 11.3 Å². The number of piperidine rings is 1. The van der Waals surface area contributed by atoms with Crippen LogP contribution in [0.5, 0.6) is 11.5 Å². The first kappa shape index (κ1) is 34.1. The zero-order valence-corrected chi connectivity index (χ0v) is 28.1. The standard InChI is InChI=1S/C35H41F2N7O5/c1-34(2,3)49-33(45)44-12-10-31(35(36,37)22-44)48-29-8-5-23(17-24(29)19-38)27-9-11-39-32(41-27)40-25-6-7-28(30(18-25)46-4)43-15-13-42(14-16-43)26-20-47-21-26/h5-9,11,17-18,26,31H,10,12-16,20-22H2,1-4H3,(H,39,40,41). The van der Waals surface area contributed by atoms with Gasteiger partial charge in [0.15, 0.2) is 6.10 Å². The van der Waals surface area contributed by atoms with E-state index in [9.17, 15) is 10.1 Å². The topological polar surface area (TPSA) is 125 Å². The molecule has 14 heteroatoms. The molecule has 12 nitrogen and oxygen atoms in total. The molecule has 6 rings (SSSR count). The Balaban J connectivity index is 1.11. The molecule has 0 saturated carbocycles. The first-order valence-corrected chi connectivity index (χ1v) is 16.3. The maximum Gasteiger partial charge on any atom is 0.410 e.